The summed E-state index contributed by atoms with van der Waals surface area (Å²) in [6, 6.07) is 9.47. The predicted molar refractivity (Wildman–Crippen MR) is 102 cm³/mol. The molecular weight excluding hydrogens is 384 g/mol. The van der Waals surface area contributed by atoms with E-state index < -0.39 is 36.0 Å². The molecule has 0 saturated heterocycles. The first-order valence-corrected chi connectivity index (χ1v) is 8.57. The maximum Gasteiger partial charge on any atom is 0.311 e. The second-order valence-corrected chi connectivity index (χ2v) is 6.16. The predicted octanol–water partition coefficient (Wildman–Crippen LogP) is 2.81. The molecule has 0 bridgehead atoms. The zero-order valence-electron chi connectivity index (χ0n) is 15.4. The number of hydrogen-bond acceptors (Lipinski definition) is 5. The van der Waals surface area contributed by atoms with E-state index >= 15 is 0 Å². The van der Waals surface area contributed by atoms with Gasteiger partial charge in [-0.15, -0.1) is 0 Å². The summed E-state index contributed by atoms with van der Waals surface area (Å²) in [5, 5.41) is 5.31. The Labute approximate surface area is 165 Å². The molecule has 2 aromatic rings. The molecule has 29 heavy (non-hydrogen) atoms. The molecule has 7 nitrogen and oxygen atoms in total. The minimum atomic E-state index is -0.928. The molecule has 150 valence electrons. The lowest BCUT2D eigenvalue weighted by Gasteiger charge is -2.21. The molecule has 0 spiro atoms. The number of ether oxygens (including phenoxy) is 1. The zero-order chi connectivity index (χ0) is 21.0. The van der Waals surface area contributed by atoms with Gasteiger partial charge in [-0.2, -0.15) is 0 Å². The molecule has 9 heteroatoms. The van der Waals surface area contributed by atoms with Crippen LogP contribution < -0.4 is 15.5 Å². The number of halogens is 2. The molecule has 0 radical (unpaired) electrons. The van der Waals surface area contributed by atoms with Crippen LogP contribution in [0.3, 0.4) is 0 Å². The molecule has 2 amide bonds. The molecular formula is C20H17F2N3O4. The SMILES string of the molecule is COC(=O)CC1=CC(=O)N(CC(=O)Nc2ccc(F)cc2F)c2ccccc2N1. The zero-order valence-corrected chi connectivity index (χ0v) is 15.4. The average molecular weight is 401 g/mol. The minimum absolute atomic E-state index is 0.155. The Bertz CT molecular complexity index is 1010. The van der Waals surface area contributed by atoms with Gasteiger partial charge in [-0.1, -0.05) is 12.1 Å². The monoisotopic (exact) mass is 401 g/mol. The van der Waals surface area contributed by atoms with Crippen LogP contribution in [0.4, 0.5) is 25.8 Å². The average Bonchev–Trinajstić information content (AvgIpc) is 2.80. The highest BCUT2D eigenvalue weighted by molar-refractivity contribution is 6.10. The molecule has 0 aromatic heterocycles. The number of fused-ring (bicyclic) bond motifs is 1. The lowest BCUT2D eigenvalue weighted by atomic mass is 10.2. The number of hydrogen-bond donors (Lipinski definition) is 2. The van der Waals surface area contributed by atoms with Gasteiger partial charge >= 0.3 is 5.97 Å². The van der Waals surface area contributed by atoms with Crippen molar-refractivity contribution in [1.29, 1.82) is 0 Å². The molecule has 1 heterocycles. The Morgan fingerprint density at radius 2 is 1.93 bits per heavy atom. The van der Waals surface area contributed by atoms with Crippen LogP contribution in [0, 0.1) is 11.6 Å². The third-order valence-corrected chi connectivity index (χ3v) is 4.12. The van der Waals surface area contributed by atoms with Crippen molar-refractivity contribution in [3.8, 4) is 0 Å². The largest absolute Gasteiger partial charge is 0.469 e. The first-order valence-electron chi connectivity index (χ1n) is 8.57. The van der Waals surface area contributed by atoms with Gasteiger partial charge in [0, 0.05) is 17.8 Å². The maximum absolute atomic E-state index is 13.8. The van der Waals surface area contributed by atoms with Gasteiger partial charge in [0.2, 0.25) is 5.91 Å². The highest BCUT2D eigenvalue weighted by Gasteiger charge is 2.25. The summed E-state index contributed by atoms with van der Waals surface area (Å²) in [6.07, 6.45) is 1.04. The Kier molecular flexibility index (Phi) is 5.87. The number of methoxy groups -OCH3 is 1. The molecule has 0 saturated carbocycles. The van der Waals surface area contributed by atoms with E-state index in [1.165, 1.54) is 18.1 Å². The summed E-state index contributed by atoms with van der Waals surface area (Å²) in [5.41, 5.74) is 1.02. The lowest BCUT2D eigenvalue weighted by Crippen LogP contribution is -2.37. The topological polar surface area (TPSA) is 87.7 Å². The van der Waals surface area contributed by atoms with Crippen molar-refractivity contribution in [3.63, 3.8) is 0 Å². The number of benzene rings is 2. The highest BCUT2D eigenvalue weighted by atomic mass is 19.1. The van der Waals surface area contributed by atoms with Crippen LogP contribution in [0.5, 0.6) is 0 Å². The van der Waals surface area contributed by atoms with Gasteiger partial charge in [0.15, 0.2) is 0 Å². The fourth-order valence-corrected chi connectivity index (χ4v) is 2.78. The summed E-state index contributed by atoms with van der Waals surface area (Å²) in [5.74, 6) is -3.46. The van der Waals surface area contributed by atoms with Gasteiger partial charge in [-0.05, 0) is 24.3 Å². The quantitative estimate of drug-likeness (QED) is 0.753. The van der Waals surface area contributed by atoms with E-state index in [2.05, 4.69) is 15.4 Å². The number of anilines is 3. The maximum atomic E-state index is 13.8. The number of esters is 1. The molecule has 1 aliphatic heterocycles. The summed E-state index contributed by atoms with van der Waals surface area (Å²) >= 11 is 0. The number of rotatable bonds is 5. The molecule has 1 aliphatic rings. The molecule has 0 fully saturated rings. The van der Waals surface area contributed by atoms with Crippen LogP contribution in [0.15, 0.2) is 54.2 Å². The van der Waals surface area contributed by atoms with E-state index in [1.807, 2.05) is 0 Å². The third kappa shape index (κ3) is 4.75. The number of nitrogens with zero attached hydrogens (tertiary/aromatic N) is 1. The van der Waals surface area contributed by atoms with Crippen LogP contribution in [0.1, 0.15) is 6.42 Å². The van der Waals surface area contributed by atoms with Crippen molar-refractivity contribution in [1.82, 2.24) is 0 Å². The molecule has 0 atom stereocenters. The van der Waals surface area contributed by atoms with Gasteiger partial charge in [0.1, 0.15) is 18.2 Å². The first kappa shape index (κ1) is 20.0. The smallest absolute Gasteiger partial charge is 0.311 e. The number of nitrogens with one attached hydrogen (secondary N) is 2. The molecule has 3 rings (SSSR count). The van der Waals surface area contributed by atoms with Crippen molar-refractivity contribution in [3.05, 3.63) is 65.9 Å². The van der Waals surface area contributed by atoms with Crippen molar-refractivity contribution in [2.75, 3.05) is 29.2 Å². The van der Waals surface area contributed by atoms with Gasteiger partial charge in [-0.25, -0.2) is 8.78 Å². The molecule has 2 aromatic carbocycles. The van der Waals surface area contributed by atoms with E-state index in [0.717, 1.165) is 12.1 Å². The van der Waals surface area contributed by atoms with E-state index in [1.54, 1.807) is 24.3 Å². The third-order valence-electron chi connectivity index (χ3n) is 4.12. The van der Waals surface area contributed by atoms with Crippen molar-refractivity contribution in [2.24, 2.45) is 0 Å². The Hall–Kier alpha value is -3.75. The van der Waals surface area contributed by atoms with Crippen LogP contribution in [-0.2, 0) is 19.1 Å². The van der Waals surface area contributed by atoms with E-state index in [-0.39, 0.29) is 12.1 Å². The number of carbonyl (C=O) groups is 3. The molecule has 0 aliphatic carbocycles. The lowest BCUT2D eigenvalue weighted by molar-refractivity contribution is -0.139. The van der Waals surface area contributed by atoms with E-state index in [4.69, 9.17) is 0 Å². The van der Waals surface area contributed by atoms with E-state index in [9.17, 15) is 23.2 Å². The van der Waals surface area contributed by atoms with Gasteiger partial charge in [0.25, 0.3) is 5.91 Å². The minimum Gasteiger partial charge on any atom is -0.469 e. The second-order valence-electron chi connectivity index (χ2n) is 6.16. The van der Waals surface area contributed by atoms with Crippen LogP contribution in [-0.4, -0.2) is 31.4 Å². The summed E-state index contributed by atoms with van der Waals surface area (Å²) < 4.78 is 31.4. The second kappa shape index (κ2) is 8.51. The molecule has 0 unspecified atom stereocenters. The highest BCUT2D eigenvalue weighted by Crippen LogP contribution is 2.30. The fraction of sp³-hybridized carbons (Fsp3) is 0.150. The number of carbonyl (C=O) groups excluding carboxylic acids is 3. The number of para-hydroxylation sites is 2. The van der Waals surface area contributed by atoms with Crippen molar-refractivity contribution < 1.29 is 27.9 Å². The Morgan fingerprint density at radius 1 is 1.17 bits per heavy atom. The van der Waals surface area contributed by atoms with E-state index in [0.29, 0.717) is 23.1 Å². The van der Waals surface area contributed by atoms with Crippen LogP contribution in [0.2, 0.25) is 0 Å². The summed E-state index contributed by atoms with van der Waals surface area (Å²) in [7, 11) is 1.24. The standard InChI is InChI=1S/C20H17F2N3O4/c1-29-20(28)10-13-9-19(27)25(17-5-3-2-4-16(17)23-13)11-18(26)24-15-7-6-12(21)8-14(15)22/h2-9,23H,10-11H2,1H3,(H,24,26). The fourth-order valence-electron chi connectivity index (χ4n) is 2.78. The van der Waals surface area contributed by atoms with Crippen molar-refractivity contribution >= 4 is 34.8 Å². The summed E-state index contributed by atoms with van der Waals surface area (Å²) in [6.45, 7) is -0.420. The summed E-state index contributed by atoms with van der Waals surface area (Å²) in [4.78, 5) is 37.9. The van der Waals surface area contributed by atoms with Gasteiger partial charge in [-0.3, -0.25) is 19.3 Å². The van der Waals surface area contributed by atoms with Crippen LogP contribution >= 0.6 is 0 Å². The van der Waals surface area contributed by atoms with Crippen LogP contribution in [0.25, 0.3) is 0 Å². The van der Waals surface area contributed by atoms with Gasteiger partial charge in [0.05, 0.1) is 30.6 Å². The number of amides is 2. The first-order chi connectivity index (χ1) is 13.9. The molecule has 2 N–H and O–H groups in total. The Morgan fingerprint density at radius 3 is 2.66 bits per heavy atom. The normalized spacial score (nSPS) is 13.0. The van der Waals surface area contributed by atoms with Crippen molar-refractivity contribution in [2.45, 2.75) is 6.42 Å². The Balaban J connectivity index is 1.84. The van der Waals surface area contributed by atoms with Gasteiger partial charge < -0.3 is 15.4 Å².